The summed E-state index contributed by atoms with van der Waals surface area (Å²) in [6.45, 7) is 12.5. The highest BCUT2D eigenvalue weighted by Gasteiger charge is 2.48. The van der Waals surface area contributed by atoms with E-state index in [1.165, 1.54) is 23.1 Å². The minimum Gasteiger partial charge on any atom is -0.381 e. The highest BCUT2D eigenvalue weighted by molar-refractivity contribution is 6.04. The number of rotatable bonds is 19. The molecule has 4 N–H and O–H groups in total. The molecule has 9 rings (SSSR count). The van der Waals surface area contributed by atoms with E-state index in [1.807, 2.05) is 18.2 Å². The molecule has 16 nitrogen and oxygen atoms in total. The summed E-state index contributed by atoms with van der Waals surface area (Å²) in [6, 6.07) is 18.7. The second kappa shape index (κ2) is 25.0. The molecule has 4 amide bonds. The topological polar surface area (TPSA) is 182 Å². The third kappa shape index (κ3) is 13.0. The molecule has 4 aromatic carbocycles. The molecule has 0 saturated carbocycles. The van der Waals surface area contributed by atoms with Gasteiger partial charge in [-0.1, -0.05) is 48.5 Å². The number of ether oxygens (including phenoxy) is 2. The number of halogens is 3. The second-order valence-electron chi connectivity index (χ2n) is 22.4. The molecule has 3 fully saturated rings. The van der Waals surface area contributed by atoms with Gasteiger partial charge in [0.2, 0.25) is 17.7 Å². The molecule has 4 aromatic rings. The van der Waals surface area contributed by atoms with Gasteiger partial charge >= 0.3 is 0 Å². The maximum Gasteiger partial charge on any atom is 0.252 e. The van der Waals surface area contributed by atoms with Crippen LogP contribution < -0.4 is 26.2 Å². The van der Waals surface area contributed by atoms with E-state index in [2.05, 4.69) is 44.9 Å². The molecule has 5 heterocycles. The number of morpholine rings is 1. The smallest absolute Gasteiger partial charge is 0.252 e. The van der Waals surface area contributed by atoms with Gasteiger partial charge in [0.15, 0.2) is 5.78 Å². The zero-order chi connectivity index (χ0) is 56.1. The summed E-state index contributed by atoms with van der Waals surface area (Å²) in [4.78, 5) is 93.8. The number of para-hydroxylation sites is 1. The summed E-state index contributed by atoms with van der Waals surface area (Å²) >= 11 is 0. The van der Waals surface area contributed by atoms with Crippen LogP contribution in [-0.4, -0.2) is 153 Å². The molecule has 3 saturated heterocycles. The average molecular weight is 1090 g/mol. The minimum atomic E-state index is -1.38. The summed E-state index contributed by atoms with van der Waals surface area (Å²) in [5.74, 6) is -5.92. The number of carbonyl (C=O) groups excluding carboxylic acids is 6. The fourth-order valence-corrected chi connectivity index (χ4v) is 12.0. The zero-order valence-corrected chi connectivity index (χ0v) is 45.8. The number of Topliss-reactive ketones (excluding diaryl/α,β-unsaturated/α-hetero) is 2. The highest BCUT2D eigenvalue weighted by atomic mass is 19.1. The van der Waals surface area contributed by atoms with Crippen molar-refractivity contribution in [2.75, 3.05) is 89.5 Å². The number of fused-ring (bicyclic) bond motifs is 2. The van der Waals surface area contributed by atoms with Crippen LogP contribution in [0, 0.1) is 29.3 Å². The maximum atomic E-state index is 15.1. The monoisotopic (exact) mass is 1090 g/mol. The number of amides is 4. The van der Waals surface area contributed by atoms with E-state index in [4.69, 9.17) is 9.47 Å². The van der Waals surface area contributed by atoms with Gasteiger partial charge in [-0.15, -0.1) is 0 Å². The summed E-state index contributed by atoms with van der Waals surface area (Å²) in [5, 5.41) is 11.8. The van der Waals surface area contributed by atoms with E-state index in [-0.39, 0.29) is 86.4 Å². The molecule has 422 valence electrons. The van der Waals surface area contributed by atoms with Gasteiger partial charge in [0.05, 0.1) is 37.8 Å². The van der Waals surface area contributed by atoms with E-state index >= 15 is 8.78 Å². The van der Waals surface area contributed by atoms with Crippen molar-refractivity contribution in [3.8, 4) is 0 Å². The number of hydrogen-bond donors (Lipinski definition) is 4. The Morgan fingerprint density at radius 2 is 1.58 bits per heavy atom. The molecular formula is C60H73F3N8O8. The SMILES string of the molecule is CN[C@@H](C)C(=O)C[C@H](C(=O)N1Cc2ccc(CC(=O)CNC(=O)C3(C)CN(C(=O)CN4C[C@@H](C)NC[C@@H]4CN4CCOC[C@H]4C)c4cc(Cc5ccc(F)cc5)ccc43)cc2[C@H]1C(=O)Nc1c(F)cccc1F)C1CCOCC1. The lowest BCUT2D eigenvalue weighted by atomic mass is 9.81. The second-order valence-corrected chi connectivity index (χ2v) is 22.4. The predicted molar refractivity (Wildman–Crippen MR) is 292 cm³/mol. The first kappa shape index (κ1) is 57.3. The van der Waals surface area contributed by atoms with Crippen LogP contribution in [0.1, 0.15) is 86.4 Å². The van der Waals surface area contributed by atoms with Crippen LogP contribution in [0.2, 0.25) is 0 Å². The molecule has 0 aromatic heterocycles. The fourth-order valence-electron chi connectivity index (χ4n) is 12.0. The number of carbonyl (C=O) groups is 6. The highest BCUT2D eigenvalue weighted by Crippen LogP contribution is 2.43. The first-order valence-electron chi connectivity index (χ1n) is 27.6. The van der Waals surface area contributed by atoms with Crippen LogP contribution in [-0.2, 0) is 63.0 Å². The quantitative estimate of drug-likeness (QED) is 0.0961. The summed E-state index contributed by atoms with van der Waals surface area (Å²) < 4.78 is 55.3. The largest absolute Gasteiger partial charge is 0.381 e. The fraction of sp³-hybridized carbons (Fsp3) is 0.500. The number of benzene rings is 4. The number of hydrogen-bond acceptors (Lipinski definition) is 12. The van der Waals surface area contributed by atoms with Gasteiger partial charge in [0.25, 0.3) is 5.91 Å². The molecule has 0 radical (unpaired) electrons. The molecule has 0 aliphatic carbocycles. The molecule has 5 aliphatic heterocycles. The van der Waals surface area contributed by atoms with E-state index in [9.17, 15) is 33.2 Å². The Morgan fingerprint density at radius 1 is 0.861 bits per heavy atom. The number of likely N-dealkylation sites (N-methyl/N-ethyl adjacent to an activating group) is 1. The maximum absolute atomic E-state index is 15.1. The Labute approximate surface area is 460 Å². The van der Waals surface area contributed by atoms with Crippen molar-refractivity contribution in [3.05, 3.63) is 130 Å². The van der Waals surface area contributed by atoms with Crippen molar-refractivity contribution in [2.24, 2.45) is 11.8 Å². The van der Waals surface area contributed by atoms with Crippen LogP contribution in [0.5, 0.6) is 0 Å². The van der Waals surface area contributed by atoms with Crippen molar-refractivity contribution >= 4 is 46.6 Å². The van der Waals surface area contributed by atoms with Gasteiger partial charge < -0.3 is 40.5 Å². The van der Waals surface area contributed by atoms with Gasteiger partial charge in [-0.3, -0.25) is 38.6 Å². The van der Waals surface area contributed by atoms with Crippen molar-refractivity contribution in [3.63, 3.8) is 0 Å². The van der Waals surface area contributed by atoms with Crippen molar-refractivity contribution < 1.29 is 51.4 Å². The van der Waals surface area contributed by atoms with E-state index in [0.717, 1.165) is 36.3 Å². The number of nitrogens with zero attached hydrogens (tertiary/aromatic N) is 4. The lowest BCUT2D eigenvalue weighted by Crippen LogP contribution is -2.62. The lowest BCUT2D eigenvalue weighted by Gasteiger charge is -2.43. The number of anilines is 2. The van der Waals surface area contributed by atoms with Crippen LogP contribution >= 0.6 is 0 Å². The molecule has 0 bridgehead atoms. The summed E-state index contributed by atoms with van der Waals surface area (Å²) in [7, 11) is 1.66. The van der Waals surface area contributed by atoms with Crippen LogP contribution in [0.25, 0.3) is 0 Å². The van der Waals surface area contributed by atoms with E-state index in [1.54, 1.807) is 56.1 Å². The Balaban J connectivity index is 0.934. The first-order chi connectivity index (χ1) is 37.9. The Hall–Kier alpha value is -6.35. The summed E-state index contributed by atoms with van der Waals surface area (Å²) in [5.41, 5.74) is 2.41. The normalized spacial score (nSPS) is 23.4. The molecule has 19 heteroatoms. The lowest BCUT2D eigenvalue weighted by molar-refractivity contribution is -0.146. The number of piperazine rings is 1. The van der Waals surface area contributed by atoms with Crippen molar-refractivity contribution in [1.29, 1.82) is 0 Å². The Kier molecular flexibility index (Phi) is 18.1. The summed E-state index contributed by atoms with van der Waals surface area (Å²) in [6.07, 6.45) is 1.22. The molecule has 5 aliphatic rings. The van der Waals surface area contributed by atoms with Crippen LogP contribution in [0.3, 0.4) is 0 Å². The average Bonchev–Trinajstić information content (AvgIpc) is 4.20. The molecule has 0 spiro atoms. The molecule has 7 atom stereocenters. The first-order valence-corrected chi connectivity index (χ1v) is 27.6. The van der Waals surface area contributed by atoms with E-state index < -0.39 is 58.5 Å². The van der Waals surface area contributed by atoms with E-state index in [0.29, 0.717) is 86.7 Å². The van der Waals surface area contributed by atoms with Gasteiger partial charge in [-0.05, 0) is 124 Å². The molecule has 1 unspecified atom stereocenters. The number of ketones is 2. The predicted octanol–water partition coefficient (Wildman–Crippen LogP) is 5.24. The van der Waals surface area contributed by atoms with Gasteiger partial charge in [0.1, 0.15) is 35.0 Å². The van der Waals surface area contributed by atoms with Gasteiger partial charge in [-0.25, -0.2) is 13.2 Å². The Bertz CT molecular complexity index is 2900. The third-order valence-corrected chi connectivity index (χ3v) is 16.8. The van der Waals surface area contributed by atoms with Gasteiger partial charge in [-0.2, -0.15) is 0 Å². The molecular weight excluding hydrogens is 1020 g/mol. The number of nitrogens with one attached hydrogen (secondary N) is 4. The minimum absolute atomic E-state index is 0.0202. The third-order valence-electron chi connectivity index (χ3n) is 16.8. The van der Waals surface area contributed by atoms with Crippen molar-refractivity contribution in [1.82, 2.24) is 30.7 Å². The zero-order valence-electron chi connectivity index (χ0n) is 45.8. The Morgan fingerprint density at radius 3 is 2.30 bits per heavy atom. The van der Waals surface area contributed by atoms with Crippen molar-refractivity contribution in [2.45, 2.75) is 102 Å². The van der Waals surface area contributed by atoms with Crippen LogP contribution in [0.15, 0.2) is 78.9 Å². The van der Waals surface area contributed by atoms with Crippen LogP contribution in [0.4, 0.5) is 24.5 Å². The van der Waals surface area contributed by atoms with Gasteiger partial charge in [0, 0.05) is 95.1 Å². The standard InChI is InChI=1S/C60H73F3N8O8/c1-36-30-69(45(28-65-36)32-68-19-22-79-34-37(68)2)33-54(74)71-35-60(4,49-16-12-40(26-52(49)71)23-39-10-14-44(61)15-11-39)59(77)66-29-46(72)24-41-9-13-43-31-70(56(47(43)25-41)57(75)67-55-50(62)7-6-8-51(55)63)58(76)48(27-53(73)38(3)64-5)42-17-20-78-21-18-42/h6-16,25-26,36-38,42,45,48,56,64-65H,17-24,27-35H2,1-5H3,(H,66,77)(H,67,75)/t36-,37-,38+,45-,48+,56+,60?/m1/s1. The molecule has 79 heavy (non-hydrogen) atoms.